The van der Waals surface area contributed by atoms with E-state index in [4.69, 9.17) is 0 Å². The zero-order valence-corrected chi connectivity index (χ0v) is 27.7. The zero-order valence-electron chi connectivity index (χ0n) is 26.9. The van der Waals surface area contributed by atoms with Crippen molar-refractivity contribution in [1.29, 1.82) is 0 Å². The Morgan fingerprint density at radius 2 is 1.75 bits per heavy atom. The van der Waals surface area contributed by atoms with Gasteiger partial charge in [0.1, 0.15) is 27.7 Å². The summed E-state index contributed by atoms with van der Waals surface area (Å²) in [6.45, 7) is 3.48. The summed E-state index contributed by atoms with van der Waals surface area (Å²) in [5, 5.41) is 12.6. The third-order valence-electron chi connectivity index (χ3n) is 9.85. The number of halogens is 1. The van der Waals surface area contributed by atoms with Crippen LogP contribution in [0.5, 0.6) is 0 Å². The van der Waals surface area contributed by atoms with E-state index in [9.17, 15) is 23.9 Å². The predicted molar refractivity (Wildman–Crippen MR) is 181 cm³/mol. The molecule has 48 heavy (non-hydrogen) atoms. The molecule has 2 aromatic carbocycles. The molecule has 5 aromatic rings. The predicted octanol–water partition coefficient (Wildman–Crippen LogP) is 4.61. The number of nitrogens with zero attached hydrogens (tertiary/aromatic N) is 6. The number of aryl methyl sites for hydroxylation is 2. The molecule has 0 radical (unpaired) electrons. The fourth-order valence-electron chi connectivity index (χ4n) is 7.07. The summed E-state index contributed by atoms with van der Waals surface area (Å²) < 4.78 is 16.7. The van der Waals surface area contributed by atoms with E-state index in [0.717, 1.165) is 11.1 Å². The first-order valence-electron chi connectivity index (χ1n) is 16.2. The number of benzene rings is 2. The minimum absolute atomic E-state index is 0.0232. The fourth-order valence-corrected chi connectivity index (χ4v) is 8.11. The van der Waals surface area contributed by atoms with Crippen LogP contribution in [0.25, 0.3) is 21.6 Å². The van der Waals surface area contributed by atoms with Gasteiger partial charge in [0.2, 0.25) is 5.91 Å². The van der Waals surface area contributed by atoms with E-state index in [0.29, 0.717) is 72.1 Å². The Morgan fingerprint density at radius 1 is 1.02 bits per heavy atom. The van der Waals surface area contributed by atoms with Crippen LogP contribution in [-0.4, -0.2) is 77.6 Å². The maximum atomic E-state index is 14.1. The third kappa shape index (κ3) is 6.06. The summed E-state index contributed by atoms with van der Waals surface area (Å²) in [4.78, 5) is 54.3. The minimum atomic E-state index is -1.14. The highest BCUT2D eigenvalue weighted by Crippen LogP contribution is 2.37. The molecule has 1 N–H and O–H groups in total. The number of aliphatic hydroxyl groups is 1. The Morgan fingerprint density at radius 3 is 2.48 bits per heavy atom. The maximum Gasteiger partial charge on any atom is 0.265 e. The number of rotatable bonds is 6. The number of thiazole rings is 1. The van der Waals surface area contributed by atoms with E-state index in [-0.39, 0.29) is 41.6 Å². The number of carbonyl (C=O) groups is 2. The Labute approximate surface area is 281 Å². The number of hydrogen-bond acceptors (Lipinski definition) is 7. The number of hydrogen-bond donors (Lipinski definition) is 1. The summed E-state index contributed by atoms with van der Waals surface area (Å²) in [7, 11) is 1.83. The van der Waals surface area contributed by atoms with Gasteiger partial charge in [0, 0.05) is 56.8 Å². The van der Waals surface area contributed by atoms with Crippen LogP contribution >= 0.6 is 11.3 Å². The van der Waals surface area contributed by atoms with Gasteiger partial charge in [-0.2, -0.15) is 0 Å². The molecule has 2 aliphatic rings. The SMILES string of the molecule is Cc1nc(-c2ccc(F)cc2)sc1C(=O)N1CC[C@@H](C(=O)N2CCC(O)(Cn3cnc4c(ccn4C)c3=O)CC2)[C@H](c2ccccc2)C1. The van der Waals surface area contributed by atoms with Gasteiger partial charge < -0.3 is 19.5 Å². The molecule has 0 spiro atoms. The molecule has 3 aromatic heterocycles. The highest BCUT2D eigenvalue weighted by atomic mass is 32.1. The number of likely N-dealkylation sites (tertiary alicyclic amines) is 2. The van der Waals surface area contributed by atoms with Crippen molar-refractivity contribution in [2.24, 2.45) is 13.0 Å². The van der Waals surface area contributed by atoms with Gasteiger partial charge in [-0.25, -0.2) is 14.4 Å². The normalized spacial score (nSPS) is 19.5. The monoisotopic (exact) mass is 668 g/mol. The van der Waals surface area contributed by atoms with Gasteiger partial charge in [-0.1, -0.05) is 30.3 Å². The number of fused-ring (bicyclic) bond motifs is 1. The van der Waals surface area contributed by atoms with Crippen LogP contribution < -0.4 is 5.56 Å². The molecule has 12 heteroatoms. The summed E-state index contributed by atoms with van der Waals surface area (Å²) in [5.74, 6) is -0.957. The zero-order chi connectivity index (χ0) is 33.6. The standard InChI is InChI=1S/C36H37FN6O4S/c1-23-30(48-32(39-23)25-8-10-26(37)11-9-25)35(46)42-17-13-27(29(20-42)24-6-4-3-5-7-24)33(44)41-18-14-36(47,15-19-41)21-43-22-38-31-28(34(43)45)12-16-40(31)2/h3-12,16,22,27,29,47H,13-15,17-21H2,1-2H3/t27-,29+/m1/s1. The largest absolute Gasteiger partial charge is 0.388 e. The lowest BCUT2D eigenvalue weighted by Crippen LogP contribution is -2.53. The Hall–Kier alpha value is -4.68. The number of amides is 2. The van der Waals surface area contributed by atoms with Crippen molar-refractivity contribution in [2.45, 2.75) is 44.2 Å². The molecule has 0 bridgehead atoms. The number of carbonyl (C=O) groups excluding carboxylic acids is 2. The second-order valence-corrected chi connectivity index (χ2v) is 14.0. The maximum absolute atomic E-state index is 14.1. The van der Waals surface area contributed by atoms with Crippen LogP contribution in [0.4, 0.5) is 4.39 Å². The molecule has 2 aliphatic heterocycles. The smallest absolute Gasteiger partial charge is 0.265 e. The Bertz CT molecular complexity index is 2030. The molecule has 0 unspecified atom stereocenters. The molecule has 2 fully saturated rings. The molecule has 0 aliphatic carbocycles. The molecule has 2 amide bonds. The average molecular weight is 669 g/mol. The van der Waals surface area contributed by atoms with E-state index in [1.165, 1.54) is 34.4 Å². The van der Waals surface area contributed by atoms with E-state index in [1.54, 1.807) is 29.0 Å². The topological polar surface area (TPSA) is 114 Å². The van der Waals surface area contributed by atoms with Crippen molar-refractivity contribution in [1.82, 2.24) is 28.9 Å². The van der Waals surface area contributed by atoms with Crippen molar-refractivity contribution in [3.05, 3.63) is 105 Å². The molecule has 2 saturated heterocycles. The van der Waals surface area contributed by atoms with Crippen LogP contribution in [0.1, 0.15) is 46.1 Å². The van der Waals surface area contributed by atoms with Gasteiger partial charge in [0.15, 0.2) is 0 Å². The highest BCUT2D eigenvalue weighted by molar-refractivity contribution is 7.17. The van der Waals surface area contributed by atoms with E-state index >= 15 is 0 Å². The van der Waals surface area contributed by atoms with Crippen molar-refractivity contribution in [2.75, 3.05) is 26.2 Å². The minimum Gasteiger partial charge on any atom is -0.388 e. The van der Waals surface area contributed by atoms with Gasteiger partial charge in [0.25, 0.3) is 11.5 Å². The second kappa shape index (κ2) is 12.7. The molecule has 10 nitrogen and oxygen atoms in total. The first-order valence-corrected chi connectivity index (χ1v) is 17.0. The van der Waals surface area contributed by atoms with Crippen LogP contribution in [0.15, 0.2) is 78.0 Å². The van der Waals surface area contributed by atoms with E-state index in [2.05, 4.69) is 9.97 Å². The molecule has 7 rings (SSSR count). The van der Waals surface area contributed by atoms with Gasteiger partial charge >= 0.3 is 0 Å². The van der Waals surface area contributed by atoms with Crippen LogP contribution in [0, 0.1) is 18.7 Å². The van der Waals surface area contributed by atoms with Gasteiger partial charge in [0.05, 0.1) is 23.2 Å². The Balaban J connectivity index is 1.05. The quantitative estimate of drug-likeness (QED) is 0.283. The molecule has 5 heterocycles. The van der Waals surface area contributed by atoms with E-state index < -0.39 is 5.60 Å². The summed E-state index contributed by atoms with van der Waals surface area (Å²) in [6.07, 6.45) is 4.46. The first kappa shape index (κ1) is 31.9. The molecular formula is C36H37FN6O4S. The highest BCUT2D eigenvalue weighted by Gasteiger charge is 2.42. The van der Waals surface area contributed by atoms with Crippen molar-refractivity contribution < 1.29 is 19.1 Å². The second-order valence-electron chi connectivity index (χ2n) is 13.0. The lowest BCUT2D eigenvalue weighted by Gasteiger charge is -2.43. The van der Waals surface area contributed by atoms with Crippen LogP contribution in [-0.2, 0) is 18.4 Å². The summed E-state index contributed by atoms with van der Waals surface area (Å²) >= 11 is 1.30. The summed E-state index contributed by atoms with van der Waals surface area (Å²) in [5.41, 5.74) is 1.64. The first-order chi connectivity index (χ1) is 23.1. The summed E-state index contributed by atoms with van der Waals surface area (Å²) in [6, 6.07) is 17.7. The van der Waals surface area contributed by atoms with E-state index in [1.807, 2.05) is 54.1 Å². The fraction of sp³-hybridized carbons (Fsp3) is 0.361. The van der Waals surface area contributed by atoms with Gasteiger partial charge in [-0.15, -0.1) is 11.3 Å². The Kier molecular flexibility index (Phi) is 8.46. The number of piperidine rings is 2. The average Bonchev–Trinajstić information content (AvgIpc) is 3.68. The lowest BCUT2D eigenvalue weighted by atomic mass is 9.79. The lowest BCUT2D eigenvalue weighted by molar-refractivity contribution is -0.142. The third-order valence-corrected chi connectivity index (χ3v) is 11.0. The van der Waals surface area contributed by atoms with Crippen LogP contribution in [0.2, 0.25) is 0 Å². The van der Waals surface area contributed by atoms with Crippen molar-refractivity contribution in [3.8, 4) is 10.6 Å². The molecular weight excluding hydrogens is 631 g/mol. The number of aromatic nitrogens is 4. The van der Waals surface area contributed by atoms with Crippen molar-refractivity contribution in [3.63, 3.8) is 0 Å². The molecule has 248 valence electrons. The van der Waals surface area contributed by atoms with Crippen LogP contribution in [0.3, 0.4) is 0 Å². The van der Waals surface area contributed by atoms with Crippen molar-refractivity contribution >= 4 is 34.2 Å². The van der Waals surface area contributed by atoms with Gasteiger partial charge in [-0.05, 0) is 62.1 Å². The van der Waals surface area contributed by atoms with Gasteiger partial charge in [-0.3, -0.25) is 19.0 Å². The molecule has 0 saturated carbocycles. The molecule has 2 atom stereocenters.